The van der Waals surface area contributed by atoms with Gasteiger partial charge in [-0.1, -0.05) is 33.3 Å². The molecular formula is C32H54O5Si. The molecule has 0 radical (unpaired) electrons. The third kappa shape index (κ3) is 5.21. The maximum absolute atomic E-state index is 11.6. The fraction of sp³-hybridized carbons (Fsp3) is 0.906. The van der Waals surface area contributed by atoms with E-state index >= 15 is 0 Å². The van der Waals surface area contributed by atoms with Crippen LogP contribution in [-0.2, 0) is 23.4 Å². The summed E-state index contributed by atoms with van der Waals surface area (Å²) in [7, 11) is -1.53. The van der Waals surface area contributed by atoms with Crippen LogP contribution in [0.1, 0.15) is 105 Å². The van der Waals surface area contributed by atoms with Crippen molar-refractivity contribution in [3.05, 3.63) is 12.2 Å². The van der Waals surface area contributed by atoms with E-state index in [1.165, 1.54) is 51.0 Å². The molecular weight excluding hydrogens is 492 g/mol. The van der Waals surface area contributed by atoms with Crippen LogP contribution in [0.4, 0.5) is 0 Å². The molecule has 6 heteroatoms. The quantitative estimate of drug-likeness (QED) is 0.129. The van der Waals surface area contributed by atoms with E-state index in [0.29, 0.717) is 11.3 Å². The summed E-state index contributed by atoms with van der Waals surface area (Å²) < 4.78 is 25.3. The maximum Gasteiger partial charge on any atom is 0.302 e. The molecule has 38 heavy (non-hydrogen) atoms. The number of hydrogen-bond donors (Lipinski definition) is 0. The number of ether oxygens (including phenoxy) is 3. The van der Waals surface area contributed by atoms with E-state index in [1.807, 2.05) is 0 Å². The van der Waals surface area contributed by atoms with Crippen LogP contribution in [-0.4, -0.2) is 49.4 Å². The Bertz CT molecular complexity index is 941. The average Bonchev–Trinajstić information content (AvgIpc) is 3.62. The number of esters is 1. The van der Waals surface area contributed by atoms with Crippen molar-refractivity contribution in [2.75, 3.05) is 0 Å². The Morgan fingerprint density at radius 1 is 1.16 bits per heavy atom. The molecule has 3 aliphatic carbocycles. The number of epoxide rings is 2. The summed E-state index contributed by atoms with van der Waals surface area (Å²) in [6, 6.07) is 0. The third-order valence-corrected chi connectivity index (χ3v) is 12.2. The molecule has 0 aromatic rings. The minimum absolute atomic E-state index is 0.0164. The van der Waals surface area contributed by atoms with Crippen LogP contribution < -0.4 is 0 Å². The molecule has 2 heterocycles. The standard InChI is InChI=1S/C32H54O5Si/c1-21(12-10-17-29(4,5)37-38(7,8)9)25-15-16-26-30(25,6)18-11-19-31(26)27(35-31)28-32(36-28)20-24(34-23(3)33)14-13-22(32)2/h21,24-28H,2,10-20H2,1,3-9H3/t21-,24+,25-,26-,27?,28?,30-,31?,32?/m1/s1. The highest BCUT2D eigenvalue weighted by molar-refractivity contribution is 6.69. The Hall–Kier alpha value is -0.693. The summed E-state index contributed by atoms with van der Waals surface area (Å²) >= 11 is 0. The van der Waals surface area contributed by atoms with Gasteiger partial charge in [0.2, 0.25) is 0 Å². The Morgan fingerprint density at radius 3 is 2.58 bits per heavy atom. The summed E-state index contributed by atoms with van der Waals surface area (Å²) in [5.41, 5.74) is 1.15. The van der Waals surface area contributed by atoms with Gasteiger partial charge in [-0.05, 0) is 114 Å². The first-order valence-electron chi connectivity index (χ1n) is 15.5. The van der Waals surface area contributed by atoms with Crippen LogP contribution in [0.3, 0.4) is 0 Å². The zero-order valence-electron chi connectivity index (χ0n) is 25.5. The lowest BCUT2D eigenvalue weighted by atomic mass is 9.57. The van der Waals surface area contributed by atoms with E-state index < -0.39 is 8.32 Å². The van der Waals surface area contributed by atoms with E-state index in [1.54, 1.807) is 0 Å². The second kappa shape index (κ2) is 9.70. The molecule has 2 saturated heterocycles. The molecule has 2 spiro atoms. The lowest BCUT2D eigenvalue weighted by Crippen LogP contribution is -2.45. The second-order valence-electron chi connectivity index (χ2n) is 15.4. The molecule has 5 nitrogen and oxygen atoms in total. The predicted octanol–water partition coefficient (Wildman–Crippen LogP) is 7.59. The van der Waals surface area contributed by atoms with Gasteiger partial charge in [-0.25, -0.2) is 0 Å². The molecule has 5 rings (SSSR count). The highest BCUT2D eigenvalue weighted by atomic mass is 28.4. The van der Waals surface area contributed by atoms with E-state index in [0.717, 1.165) is 43.9 Å². The Morgan fingerprint density at radius 2 is 1.89 bits per heavy atom. The van der Waals surface area contributed by atoms with Crippen LogP contribution >= 0.6 is 0 Å². The van der Waals surface area contributed by atoms with Crippen molar-refractivity contribution in [2.24, 2.45) is 23.2 Å². The summed E-state index contributed by atoms with van der Waals surface area (Å²) in [6.45, 7) is 22.4. The molecule has 0 aromatic heterocycles. The van der Waals surface area contributed by atoms with Crippen LogP contribution in [0.2, 0.25) is 19.6 Å². The van der Waals surface area contributed by atoms with Crippen molar-refractivity contribution < 1.29 is 23.4 Å². The maximum atomic E-state index is 11.6. The van der Waals surface area contributed by atoms with Crippen molar-refractivity contribution in [3.63, 3.8) is 0 Å². The monoisotopic (exact) mass is 546 g/mol. The Kier molecular flexibility index (Phi) is 7.36. The van der Waals surface area contributed by atoms with Crippen LogP contribution in [0, 0.1) is 23.2 Å². The summed E-state index contributed by atoms with van der Waals surface area (Å²) in [5.74, 6) is 1.92. The zero-order valence-corrected chi connectivity index (χ0v) is 26.5. The first-order chi connectivity index (χ1) is 17.6. The average molecular weight is 547 g/mol. The van der Waals surface area contributed by atoms with Gasteiger partial charge in [0.1, 0.15) is 29.5 Å². The smallest absolute Gasteiger partial charge is 0.302 e. The van der Waals surface area contributed by atoms with Gasteiger partial charge in [-0.3, -0.25) is 4.79 Å². The molecule has 216 valence electrons. The summed E-state index contributed by atoms with van der Waals surface area (Å²) in [5, 5.41) is 0. The van der Waals surface area contributed by atoms with Crippen molar-refractivity contribution >= 4 is 14.3 Å². The van der Waals surface area contributed by atoms with Gasteiger partial charge in [-0.2, -0.15) is 0 Å². The molecule has 2 aliphatic heterocycles. The van der Waals surface area contributed by atoms with Gasteiger partial charge < -0.3 is 18.6 Å². The second-order valence-corrected chi connectivity index (χ2v) is 19.9. The van der Waals surface area contributed by atoms with Crippen molar-refractivity contribution in [1.82, 2.24) is 0 Å². The van der Waals surface area contributed by atoms with E-state index in [-0.39, 0.29) is 41.1 Å². The third-order valence-electron chi connectivity index (χ3n) is 11.0. The first kappa shape index (κ1) is 28.8. The van der Waals surface area contributed by atoms with Crippen LogP contribution in [0.25, 0.3) is 0 Å². The molecule has 5 aliphatic rings. The SMILES string of the molecule is C=C1CC[C@H](OC(C)=O)CC12OC2C1OC12CCC[C@]1(C)[C@@H]([C@H](C)CCCC(C)(C)O[Si](C)(C)C)CC[C@@H]21. The normalized spacial score (nSPS) is 43.3. The topological polar surface area (TPSA) is 60.6 Å². The number of rotatable bonds is 9. The van der Waals surface area contributed by atoms with Gasteiger partial charge in [0.15, 0.2) is 8.32 Å². The van der Waals surface area contributed by atoms with Gasteiger partial charge in [0.05, 0.1) is 5.60 Å². The van der Waals surface area contributed by atoms with Crippen molar-refractivity contribution in [3.8, 4) is 0 Å². The fourth-order valence-corrected chi connectivity index (χ4v) is 11.4. The highest BCUT2D eigenvalue weighted by Crippen LogP contribution is 2.71. The van der Waals surface area contributed by atoms with Crippen molar-refractivity contribution in [1.29, 1.82) is 0 Å². The zero-order chi connectivity index (χ0) is 27.7. The molecule has 0 amide bonds. The largest absolute Gasteiger partial charge is 0.462 e. The number of carbonyl (C=O) groups is 1. The molecule has 3 saturated carbocycles. The van der Waals surface area contributed by atoms with Crippen LogP contribution in [0.15, 0.2) is 12.2 Å². The summed E-state index contributed by atoms with van der Waals surface area (Å²) in [4.78, 5) is 11.6. The van der Waals surface area contributed by atoms with Gasteiger partial charge in [0, 0.05) is 13.3 Å². The van der Waals surface area contributed by atoms with Crippen molar-refractivity contribution in [2.45, 2.75) is 160 Å². The number of carbonyl (C=O) groups excluding carboxylic acids is 1. The molecule has 5 fully saturated rings. The first-order valence-corrected chi connectivity index (χ1v) is 18.9. The lowest BCUT2D eigenvalue weighted by Gasteiger charge is -2.46. The minimum atomic E-state index is -1.53. The highest BCUT2D eigenvalue weighted by Gasteiger charge is 2.78. The Labute approximate surface area is 232 Å². The van der Waals surface area contributed by atoms with E-state index in [9.17, 15) is 4.79 Å². The minimum Gasteiger partial charge on any atom is -0.462 e. The number of fused-ring (bicyclic) bond motifs is 2. The van der Waals surface area contributed by atoms with E-state index in [2.05, 4.69) is 53.9 Å². The molecule has 4 unspecified atom stereocenters. The van der Waals surface area contributed by atoms with E-state index in [4.69, 9.17) is 18.6 Å². The summed E-state index contributed by atoms with van der Waals surface area (Å²) in [6.07, 6.45) is 12.7. The van der Waals surface area contributed by atoms with Gasteiger partial charge in [-0.15, -0.1) is 0 Å². The Balaban J connectivity index is 1.21. The molecule has 0 bridgehead atoms. The molecule has 0 aromatic carbocycles. The lowest BCUT2D eigenvalue weighted by molar-refractivity contribution is -0.148. The number of hydrogen-bond acceptors (Lipinski definition) is 5. The molecule has 9 atom stereocenters. The fourth-order valence-electron chi connectivity index (χ4n) is 9.63. The molecule has 0 N–H and O–H groups in total. The van der Waals surface area contributed by atoms with Gasteiger partial charge in [0.25, 0.3) is 0 Å². The predicted molar refractivity (Wildman–Crippen MR) is 153 cm³/mol. The van der Waals surface area contributed by atoms with Crippen LogP contribution in [0.5, 0.6) is 0 Å². The van der Waals surface area contributed by atoms with Gasteiger partial charge >= 0.3 is 5.97 Å².